The normalized spacial score (nSPS) is 17.2. The number of hydrogen-bond acceptors (Lipinski definition) is 8. The van der Waals surface area contributed by atoms with Crippen LogP contribution in [0.3, 0.4) is 0 Å². The number of likely N-dealkylation sites (N-methyl/N-ethyl adjacent to an activating group) is 1. The maximum absolute atomic E-state index is 15.6. The van der Waals surface area contributed by atoms with Crippen LogP contribution in [-0.2, 0) is 21.4 Å². The number of carbonyl (C=O) groups is 1. The summed E-state index contributed by atoms with van der Waals surface area (Å²) in [6.07, 6.45) is 4.97. The van der Waals surface area contributed by atoms with Gasteiger partial charge in [-0.25, -0.2) is 22.1 Å². The van der Waals surface area contributed by atoms with Crippen LogP contribution in [0.5, 0.6) is 11.5 Å². The maximum atomic E-state index is 15.6. The van der Waals surface area contributed by atoms with E-state index in [0.29, 0.717) is 17.1 Å². The van der Waals surface area contributed by atoms with Crippen LogP contribution >= 0.6 is 22.9 Å². The molecular weight excluding hydrogens is 579 g/mol. The third-order valence-electron chi connectivity index (χ3n) is 7.09. The van der Waals surface area contributed by atoms with Crippen LogP contribution in [0.1, 0.15) is 38.2 Å². The Balaban J connectivity index is 1.68. The van der Waals surface area contributed by atoms with Crippen LogP contribution in [0.15, 0.2) is 46.8 Å². The number of aromatic nitrogens is 1. The Morgan fingerprint density at radius 3 is 2.60 bits per heavy atom. The SMILES string of the molecule is COc1ccc(CN(c2nccs2)S(=O)(=O)c2cc(Cl)c(N[C@H]3CCCC[C@@H]3N(C)C(C)=O)cc2F)c(OC)c1. The first-order valence-corrected chi connectivity index (χ1v) is 15.4. The monoisotopic (exact) mass is 610 g/mol. The molecule has 1 fully saturated rings. The number of nitrogens with one attached hydrogen (secondary N) is 1. The molecule has 216 valence electrons. The molecular formula is C27H32ClFN4O5S2. The molecule has 1 amide bonds. The van der Waals surface area contributed by atoms with Gasteiger partial charge in [-0.3, -0.25) is 4.79 Å². The van der Waals surface area contributed by atoms with E-state index in [-0.39, 0.29) is 40.4 Å². The molecule has 0 saturated heterocycles. The third kappa shape index (κ3) is 6.29. The molecule has 13 heteroatoms. The molecule has 0 radical (unpaired) electrons. The van der Waals surface area contributed by atoms with Gasteiger partial charge in [-0.05, 0) is 37.1 Å². The zero-order valence-corrected chi connectivity index (χ0v) is 25.1. The van der Waals surface area contributed by atoms with Gasteiger partial charge < -0.3 is 19.7 Å². The zero-order valence-electron chi connectivity index (χ0n) is 22.7. The molecule has 1 aromatic heterocycles. The van der Waals surface area contributed by atoms with E-state index in [0.717, 1.165) is 53.5 Å². The first-order valence-electron chi connectivity index (χ1n) is 12.7. The highest BCUT2D eigenvalue weighted by Crippen LogP contribution is 2.36. The molecule has 0 bridgehead atoms. The second-order valence-corrected chi connectivity index (χ2v) is 12.6. The highest BCUT2D eigenvalue weighted by molar-refractivity contribution is 7.93. The van der Waals surface area contributed by atoms with Crippen molar-refractivity contribution in [3.8, 4) is 11.5 Å². The first-order chi connectivity index (χ1) is 19.1. The maximum Gasteiger partial charge on any atom is 0.269 e. The number of carbonyl (C=O) groups excluding carboxylic acids is 1. The molecule has 1 saturated carbocycles. The van der Waals surface area contributed by atoms with Crippen LogP contribution in [-0.4, -0.2) is 57.6 Å². The molecule has 1 N–H and O–H groups in total. The lowest BCUT2D eigenvalue weighted by molar-refractivity contribution is -0.130. The molecule has 3 aromatic rings. The second kappa shape index (κ2) is 12.6. The number of ether oxygens (including phenoxy) is 2. The molecule has 2 atom stereocenters. The van der Waals surface area contributed by atoms with Gasteiger partial charge in [0, 0.05) is 43.2 Å². The Kier molecular flexibility index (Phi) is 9.42. The minimum absolute atomic E-state index is 0.0518. The lowest BCUT2D eigenvalue weighted by atomic mass is 9.89. The van der Waals surface area contributed by atoms with E-state index in [4.69, 9.17) is 21.1 Å². The summed E-state index contributed by atoms with van der Waals surface area (Å²) in [4.78, 5) is 17.3. The van der Waals surface area contributed by atoms with E-state index in [1.54, 1.807) is 35.5 Å². The molecule has 4 rings (SSSR count). The van der Waals surface area contributed by atoms with Crippen molar-refractivity contribution in [2.75, 3.05) is 30.9 Å². The summed E-state index contributed by atoms with van der Waals surface area (Å²) in [5.74, 6) is -0.0674. The molecule has 9 nitrogen and oxygen atoms in total. The topological polar surface area (TPSA) is 101 Å². The average Bonchev–Trinajstić information content (AvgIpc) is 3.47. The van der Waals surface area contributed by atoms with E-state index < -0.39 is 20.7 Å². The number of methoxy groups -OCH3 is 2. The highest BCUT2D eigenvalue weighted by Gasteiger charge is 2.33. The van der Waals surface area contributed by atoms with E-state index in [1.165, 1.54) is 27.3 Å². The van der Waals surface area contributed by atoms with Crippen molar-refractivity contribution in [3.63, 3.8) is 0 Å². The predicted molar refractivity (Wildman–Crippen MR) is 155 cm³/mol. The Morgan fingerprint density at radius 1 is 1.20 bits per heavy atom. The van der Waals surface area contributed by atoms with E-state index in [1.807, 2.05) is 0 Å². The minimum Gasteiger partial charge on any atom is -0.497 e. The molecule has 2 aromatic carbocycles. The number of nitrogens with zero attached hydrogens (tertiary/aromatic N) is 3. The summed E-state index contributed by atoms with van der Waals surface area (Å²) in [7, 11) is 0.284. The van der Waals surface area contributed by atoms with Crippen molar-refractivity contribution >= 4 is 49.7 Å². The number of thiazole rings is 1. The summed E-state index contributed by atoms with van der Waals surface area (Å²) in [6.45, 7) is 1.34. The van der Waals surface area contributed by atoms with Gasteiger partial charge in [0.25, 0.3) is 10.0 Å². The fourth-order valence-electron chi connectivity index (χ4n) is 4.86. The Bertz CT molecular complexity index is 1460. The number of halogens is 2. The smallest absolute Gasteiger partial charge is 0.269 e. The number of hydrogen-bond donors (Lipinski definition) is 1. The standard InChI is InChI=1S/C27H32ClFN4O5S2/c1-17(34)32(2)24-8-6-5-7-22(24)31-23-15-21(29)26(14-20(23)28)40(35,36)33(27-30-11-12-39-27)16-18-9-10-19(37-3)13-25(18)38-4/h9-15,22,24,31H,5-8,16H2,1-4H3/t22-,24-/m0/s1. The zero-order chi connectivity index (χ0) is 29.0. The van der Waals surface area contributed by atoms with E-state index in [2.05, 4.69) is 10.3 Å². The molecule has 1 aliphatic rings. The quantitative estimate of drug-likeness (QED) is 0.321. The molecule has 1 heterocycles. The third-order valence-corrected chi connectivity index (χ3v) is 10.1. The number of amides is 1. The largest absolute Gasteiger partial charge is 0.497 e. The van der Waals surface area contributed by atoms with Gasteiger partial charge in [-0.2, -0.15) is 0 Å². The number of rotatable bonds is 10. The van der Waals surface area contributed by atoms with Crippen molar-refractivity contribution in [2.24, 2.45) is 0 Å². The van der Waals surface area contributed by atoms with Gasteiger partial charge in [0.2, 0.25) is 5.91 Å². The van der Waals surface area contributed by atoms with E-state index >= 15 is 4.39 Å². The Morgan fingerprint density at radius 2 is 1.95 bits per heavy atom. The summed E-state index contributed by atoms with van der Waals surface area (Å²) in [6, 6.07) is 6.98. The molecule has 0 aliphatic heterocycles. The Labute approximate surface area is 242 Å². The van der Waals surface area contributed by atoms with Gasteiger partial charge in [0.05, 0.1) is 37.5 Å². The van der Waals surface area contributed by atoms with Crippen LogP contribution in [0, 0.1) is 5.82 Å². The minimum atomic E-state index is -4.45. The van der Waals surface area contributed by atoms with Crippen molar-refractivity contribution in [3.05, 3.63) is 58.3 Å². The number of sulfonamides is 1. The van der Waals surface area contributed by atoms with Crippen molar-refractivity contribution in [1.29, 1.82) is 0 Å². The van der Waals surface area contributed by atoms with Gasteiger partial charge >= 0.3 is 0 Å². The highest BCUT2D eigenvalue weighted by atomic mass is 35.5. The lowest BCUT2D eigenvalue weighted by Crippen LogP contribution is -2.48. The van der Waals surface area contributed by atoms with Gasteiger partial charge in [0.1, 0.15) is 22.2 Å². The number of benzene rings is 2. The fraction of sp³-hybridized carbons (Fsp3) is 0.407. The van der Waals surface area contributed by atoms with Crippen LogP contribution in [0.4, 0.5) is 15.2 Å². The molecule has 40 heavy (non-hydrogen) atoms. The van der Waals surface area contributed by atoms with Gasteiger partial charge in [0.15, 0.2) is 5.13 Å². The van der Waals surface area contributed by atoms with Gasteiger partial charge in [-0.15, -0.1) is 11.3 Å². The predicted octanol–water partition coefficient (Wildman–Crippen LogP) is 5.55. The summed E-state index contributed by atoms with van der Waals surface area (Å²) < 4.78 is 55.2. The van der Waals surface area contributed by atoms with Crippen LogP contribution in [0.2, 0.25) is 5.02 Å². The van der Waals surface area contributed by atoms with Crippen molar-refractivity contribution in [2.45, 2.75) is 56.1 Å². The molecule has 1 aliphatic carbocycles. The summed E-state index contributed by atoms with van der Waals surface area (Å²) >= 11 is 7.65. The fourth-order valence-corrected chi connectivity index (χ4v) is 7.49. The van der Waals surface area contributed by atoms with Crippen LogP contribution < -0.4 is 19.1 Å². The number of anilines is 2. The van der Waals surface area contributed by atoms with Crippen molar-refractivity contribution < 1.29 is 27.1 Å². The second-order valence-electron chi connectivity index (χ2n) is 9.50. The van der Waals surface area contributed by atoms with Gasteiger partial charge in [-0.1, -0.05) is 24.4 Å². The van der Waals surface area contributed by atoms with E-state index in [9.17, 15) is 13.2 Å². The molecule has 0 unspecified atom stereocenters. The van der Waals surface area contributed by atoms with Crippen LogP contribution in [0.25, 0.3) is 0 Å². The molecule has 0 spiro atoms. The Hall–Kier alpha value is -3.09. The first kappa shape index (κ1) is 29.9. The summed E-state index contributed by atoms with van der Waals surface area (Å²) in [5.41, 5.74) is 0.800. The summed E-state index contributed by atoms with van der Waals surface area (Å²) in [5, 5.41) is 5.11. The average molecular weight is 611 g/mol. The lowest BCUT2D eigenvalue weighted by Gasteiger charge is -2.38. The van der Waals surface area contributed by atoms with Crippen molar-refractivity contribution in [1.82, 2.24) is 9.88 Å².